The number of fused-ring (bicyclic) bond motifs is 1. The summed E-state index contributed by atoms with van der Waals surface area (Å²) in [5.41, 5.74) is 3.36. The van der Waals surface area contributed by atoms with Gasteiger partial charge in [-0.3, -0.25) is 14.2 Å². The molecule has 0 unspecified atom stereocenters. The van der Waals surface area contributed by atoms with Gasteiger partial charge in [0.2, 0.25) is 5.91 Å². The second kappa shape index (κ2) is 9.26. The van der Waals surface area contributed by atoms with Gasteiger partial charge in [0.25, 0.3) is 5.56 Å². The van der Waals surface area contributed by atoms with Crippen LogP contribution in [0.25, 0.3) is 15.9 Å². The van der Waals surface area contributed by atoms with Crippen LogP contribution in [0, 0.1) is 12.7 Å². The zero-order chi connectivity index (χ0) is 22.8. The van der Waals surface area contributed by atoms with Crippen LogP contribution in [0.4, 0.5) is 10.1 Å². The van der Waals surface area contributed by atoms with Crippen LogP contribution in [-0.4, -0.2) is 21.2 Å². The molecule has 0 saturated heterocycles. The third-order valence-corrected chi connectivity index (χ3v) is 6.87. The Hall–Kier alpha value is -2.97. The monoisotopic (exact) mass is 467 g/mol. The van der Waals surface area contributed by atoms with E-state index in [4.69, 9.17) is 0 Å². The highest BCUT2D eigenvalue weighted by atomic mass is 32.2. The van der Waals surface area contributed by atoms with Crippen LogP contribution in [0.3, 0.4) is 0 Å². The van der Waals surface area contributed by atoms with Gasteiger partial charge < -0.3 is 5.32 Å². The molecule has 8 heteroatoms. The molecule has 5 nitrogen and oxygen atoms in total. The largest absolute Gasteiger partial charge is 0.325 e. The molecule has 2 heterocycles. The summed E-state index contributed by atoms with van der Waals surface area (Å²) in [5.74, 6) is -0.213. The zero-order valence-corrected chi connectivity index (χ0v) is 19.5. The summed E-state index contributed by atoms with van der Waals surface area (Å²) in [6.07, 6.45) is 0. The number of hydrogen-bond acceptors (Lipinski definition) is 5. The minimum Gasteiger partial charge on any atom is -0.325 e. The van der Waals surface area contributed by atoms with Gasteiger partial charge in [-0.1, -0.05) is 43.8 Å². The third kappa shape index (κ3) is 4.47. The van der Waals surface area contributed by atoms with Crippen molar-refractivity contribution in [2.45, 2.75) is 31.8 Å². The minimum atomic E-state index is -0.373. The molecule has 0 bridgehead atoms. The van der Waals surface area contributed by atoms with Crippen molar-refractivity contribution < 1.29 is 9.18 Å². The second-order valence-electron chi connectivity index (χ2n) is 7.68. The number of amides is 1. The fourth-order valence-corrected chi connectivity index (χ4v) is 5.07. The molecule has 0 spiro atoms. The molecule has 4 rings (SSSR count). The molecule has 164 valence electrons. The molecule has 1 amide bonds. The van der Waals surface area contributed by atoms with Crippen molar-refractivity contribution in [3.05, 3.63) is 81.2 Å². The Morgan fingerprint density at radius 2 is 2.00 bits per heavy atom. The number of nitrogens with one attached hydrogen (secondary N) is 1. The van der Waals surface area contributed by atoms with Gasteiger partial charge in [0.15, 0.2) is 5.16 Å². The molecule has 0 atom stereocenters. The number of para-hydroxylation sites is 1. The standard InChI is InChI=1S/C24H22FN3O2S2/c1-14(2)17-6-4-5-7-18(17)26-21(29)13-32-24-27-19-10-11-31-22(19)23(30)28(24)20-9-8-16(25)12-15(20)3/h4-12,14H,13H2,1-3H3,(H,26,29). The highest BCUT2D eigenvalue weighted by Gasteiger charge is 2.18. The van der Waals surface area contributed by atoms with E-state index >= 15 is 0 Å². The summed E-state index contributed by atoms with van der Waals surface area (Å²) in [7, 11) is 0. The molecule has 0 radical (unpaired) electrons. The summed E-state index contributed by atoms with van der Waals surface area (Å²) in [5, 5.41) is 5.17. The lowest BCUT2D eigenvalue weighted by atomic mass is 10.0. The van der Waals surface area contributed by atoms with Gasteiger partial charge in [0.1, 0.15) is 10.5 Å². The highest BCUT2D eigenvalue weighted by molar-refractivity contribution is 7.99. The van der Waals surface area contributed by atoms with Gasteiger partial charge in [-0.15, -0.1) is 11.3 Å². The molecule has 1 N–H and O–H groups in total. The van der Waals surface area contributed by atoms with E-state index in [0.717, 1.165) is 11.3 Å². The lowest BCUT2D eigenvalue weighted by molar-refractivity contribution is -0.113. The first-order chi connectivity index (χ1) is 15.3. The molecule has 0 saturated carbocycles. The Morgan fingerprint density at radius 1 is 1.22 bits per heavy atom. The normalized spacial score (nSPS) is 11.3. The molecule has 4 aromatic rings. The van der Waals surface area contributed by atoms with Crippen molar-refractivity contribution in [2.24, 2.45) is 0 Å². The fourth-order valence-electron chi connectivity index (χ4n) is 3.50. The molecule has 0 aliphatic heterocycles. The van der Waals surface area contributed by atoms with Crippen LogP contribution in [0.2, 0.25) is 0 Å². The summed E-state index contributed by atoms with van der Waals surface area (Å²) < 4.78 is 15.6. The Kier molecular flexibility index (Phi) is 6.43. The van der Waals surface area contributed by atoms with Crippen molar-refractivity contribution in [2.75, 3.05) is 11.1 Å². The number of carbonyl (C=O) groups excluding carboxylic acids is 1. The molecule has 0 aliphatic rings. The summed E-state index contributed by atoms with van der Waals surface area (Å²) >= 11 is 2.49. The van der Waals surface area contributed by atoms with E-state index < -0.39 is 0 Å². The Balaban J connectivity index is 1.66. The van der Waals surface area contributed by atoms with Crippen LogP contribution < -0.4 is 10.9 Å². The van der Waals surface area contributed by atoms with E-state index in [0.29, 0.717) is 26.6 Å². The number of aromatic nitrogens is 2. The van der Waals surface area contributed by atoms with Crippen LogP contribution in [0.5, 0.6) is 0 Å². The Labute approximate surface area is 193 Å². The molecule has 0 fully saturated rings. The summed E-state index contributed by atoms with van der Waals surface area (Å²) in [4.78, 5) is 30.6. The second-order valence-corrected chi connectivity index (χ2v) is 9.54. The molecule has 32 heavy (non-hydrogen) atoms. The number of thiophene rings is 1. The average molecular weight is 468 g/mol. The smallest absolute Gasteiger partial charge is 0.276 e. The number of halogens is 1. The summed E-state index contributed by atoms with van der Waals surface area (Å²) in [6.45, 7) is 5.89. The van der Waals surface area contributed by atoms with E-state index in [1.54, 1.807) is 19.1 Å². The molecule has 0 aliphatic carbocycles. The maximum Gasteiger partial charge on any atom is 0.276 e. The number of benzene rings is 2. The predicted octanol–water partition coefficient (Wildman–Crippen LogP) is 5.75. The number of rotatable bonds is 6. The van der Waals surface area contributed by atoms with Crippen molar-refractivity contribution in [1.29, 1.82) is 0 Å². The van der Waals surface area contributed by atoms with Crippen molar-refractivity contribution in [1.82, 2.24) is 9.55 Å². The van der Waals surface area contributed by atoms with Crippen molar-refractivity contribution in [3.8, 4) is 5.69 Å². The van der Waals surface area contributed by atoms with E-state index in [9.17, 15) is 14.0 Å². The maximum atomic E-state index is 13.7. The number of thioether (sulfide) groups is 1. The first kappa shape index (κ1) is 22.2. The number of aryl methyl sites for hydroxylation is 1. The first-order valence-corrected chi connectivity index (χ1v) is 12.0. The van der Waals surface area contributed by atoms with E-state index in [1.165, 1.54) is 39.8 Å². The SMILES string of the molecule is Cc1cc(F)ccc1-n1c(SCC(=O)Nc2ccccc2C(C)C)nc2ccsc2c1=O. The highest BCUT2D eigenvalue weighted by Crippen LogP contribution is 2.27. The average Bonchev–Trinajstić information content (AvgIpc) is 3.22. The number of anilines is 1. The fraction of sp³-hybridized carbons (Fsp3) is 0.208. The summed E-state index contributed by atoms with van der Waals surface area (Å²) in [6, 6.07) is 13.8. The van der Waals surface area contributed by atoms with Crippen LogP contribution in [0.15, 0.2) is 63.9 Å². The van der Waals surface area contributed by atoms with Gasteiger partial charge in [0, 0.05) is 5.69 Å². The van der Waals surface area contributed by atoms with Gasteiger partial charge in [0.05, 0.1) is 17.0 Å². The van der Waals surface area contributed by atoms with E-state index in [-0.39, 0.29) is 29.0 Å². The number of carbonyl (C=O) groups is 1. The Morgan fingerprint density at radius 3 is 2.75 bits per heavy atom. The lowest BCUT2D eigenvalue weighted by Crippen LogP contribution is -2.23. The van der Waals surface area contributed by atoms with Crippen LogP contribution in [-0.2, 0) is 4.79 Å². The van der Waals surface area contributed by atoms with E-state index in [1.807, 2.05) is 29.6 Å². The van der Waals surface area contributed by atoms with Gasteiger partial charge in [-0.05, 0) is 59.7 Å². The van der Waals surface area contributed by atoms with Gasteiger partial charge >= 0.3 is 0 Å². The lowest BCUT2D eigenvalue weighted by Gasteiger charge is -2.15. The quantitative estimate of drug-likeness (QED) is 0.290. The topological polar surface area (TPSA) is 64.0 Å². The van der Waals surface area contributed by atoms with Gasteiger partial charge in [-0.2, -0.15) is 0 Å². The number of hydrogen-bond donors (Lipinski definition) is 1. The molecular weight excluding hydrogens is 445 g/mol. The first-order valence-electron chi connectivity index (χ1n) is 10.1. The molecule has 2 aromatic carbocycles. The van der Waals surface area contributed by atoms with Crippen LogP contribution >= 0.6 is 23.1 Å². The van der Waals surface area contributed by atoms with Crippen molar-refractivity contribution >= 4 is 44.9 Å². The Bertz CT molecular complexity index is 1360. The number of nitrogens with zero attached hydrogens (tertiary/aromatic N) is 2. The minimum absolute atomic E-state index is 0.0781. The van der Waals surface area contributed by atoms with Gasteiger partial charge in [-0.25, -0.2) is 9.37 Å². The van der Waals surface area contributed by atoms with E-state index in [2.05, 4.69) is 24.1 Å². The third-order valence-electron chi connectivity index (χ3n) is 5.04. The predicted molar refractivity (Wildman–Crippen MR) is 130 cm³/mol. The zero-order valence-electron chi connectivity index (χ0n) is 17.9. The van der Waals surface area contributed by atoms with Crippen molar-refractivity contribution in [3.63, 3.8) is 0 Å². The maximum absolute atomic E-state index is 13.7. The molecular formula is C24H22FN3O2S2. The van der Waals surface area contributed by atoms with Crippen LogP contribution in [0.1, 0.15) is 30.9 Å². The molecule has 2 aromatic heterocycles.